The van der Waals surface area contributed by atoms with Gasteiger partial charge in [0.15, 0.2) is 5.16 Å². The van der Waals surface area contributed by atoms with E-state index < -0.39 is 0 Å². The zero-order valence-corrected chi connectivity index (χ0v) is 23.7. The fraction of sp³-hybridized carbons (Fsp3) is 0.188. The van der Waals surface area contributed by atoms with Gasteiger partial charge in [-0.2, -0.15) is 5.10 Å². The number of hydrogen-bond donors (Lipinski definition) is 1. The van der Waals surface area contributed by atoms with Crippen LogP contribution in [-0.2, 0) is 17.6 Å². The normalized spacial score (nSPS) is 13.3. The van der Waals surface area contributed by atoms with Crippen molar-refractivity contribution in [2.24, 2.45) is 5.10 Å². The highest BCUT2D eigenvalue weighted by Gasteiger charge is 2.23. The molecule has 0 fully saturated rings. The van der Waals surface area contributed by atoms with Gasteiger partial charge in [0, 0.05) is 4.88 Å². The maximum Gasteiger partial charge on any atom is 0.267 e. The van der Waals surface area contributed by atoms with Crippen molar-refractivity contribution < 1.29 is 4.79 Å². The molecule has 6 rings (SSSR count). The molecule has 0 atom stereocenters. The van der Waals surface area contributed by atoms with E-state index in [4.69, 9.17) is 4.98 Å². The minimum absolute atomic E-state index is 0.0636. The minimum atomic E-state index is -0.260. The summed E-state index contributed by atoms with van der Waals surface area (Å²) in [5.41, 5.74) is 8.42. The number of thiophene rings is 1. The van der Waals surface area contributed by atoms with Gasteiger partial charge in [0.2, 0.25) is 0 Å². The molecule has 0 aliphatic heterocycles. The van der Waals surface area contributed by atoms with Crippen molar-refractivity contribution in [3.05, 3.63) is 111 Å². The zero-order chi connectivity index (χ0) is 27.5. The highest BCUT2D eigenvalue weighted by atomic mass is 32.2. The van der Waals surface area contributed by atoms with E-state index in [1.54, 1.807) is 15.9 Å². The van der Waals surface area contributed by atoms with Crippen LogP contribution in [0.3, 0.4) is 0 Å². The number of amides is 1. The summed E-state index contributed by atoms with van der Waals surface area (Å²) < 4.78 is 1.64. The lowest BCUT2D eigenvalue weighted by molar-refractivity contribution is -0.118. The van der Waals surface area contributed by atoms with Crippen LogP contribution in [-0.4, -0.2) is 26.9 Å². The Kier molecular flexibility index (Phi) is 7.62. The summed E-state index contributed by atoms with van der Waals surface area (Å²) >= 11 is 2.87. The third-order valence-electron chi connectivity index (χ3n) is 7.06. The number of nitrogens with one attached hydrogen (secondary N) is 1. The largest absolute Gasteiger partial charge is 0.272 e. The van der Waals surface area contributed by atoms with Gasteiger partial charge in [0.1, 0.15) is 4.83 Å². The van der Waals surface area contributed by atoms with Gasteiger partial charge in [-0.05, 0) is 67.0 Å². The zero-order valence-electron chi connectivity index (χ0n) is 22.1. The molecule has 1 amide bonds. The Morgan fingerprint density at radius 2 is 1.62 bits per heavy atom. The third-order valence-corrected chi connectivity index (χ3v) is 9.19. The van der Waals surface area contributed by atoms with Crippen LogP contribution < -0.4 is 11.0 Å². The molecule has 2 heterocycles. The van der Waals surface area contributed by atoms with Gasteiger partial charge < -0.3 is 0 Å². The Bertz CT molecular complexity index is 1760. The summed E-state index contributed by atoms with van der Waals surface area (Å²) in [5.74, 6) is -0.177. The van der Waals surface area contributed by atoms with Crippen molar-refractivity contribution in [1.29, 1.82) is 0 Å². The van der Waals surface area contributed by atoms with E-state index in [0.717, 1.165) is 63.8 Å². The van der Waals surface area contributed by atoms with Crippen LogP contribution in [0.1, 0.15) is 35.8 Å². The van der Waals surface area contributed by atoms with E-state index in [2.05, 4.69) is 34.8 Å². The molecule has 0 bridgehead atoms. The Morgan fingerprint density at radius 3 is 2.38 bits per heavy atom. The molecule has 0 saturated heterocycles. The number of aromatic nitrogens is 2. The summed E-state index contributed by atoms with van der Waals surface area (Å²) in [6.07, 6.45) is 4.16. The molecule has 0 radical (unpaired) electrons. The van der Waals surface area contributed by atoms with Gasteiger partial charge >= 0.3 is 0 Å². The first-order valence-corrected chi connectivity index (χ1v) is 15.1. The van der Waals surface area contributed by atoms with Gasteiger partial charge in [-0.15, -0.1) is 11.3 Å². The SMILES string of the molecule is C/C(=N\NC(=O)CSc1nc2sc3c(c2c(=O)n1-c1ccccc1)CCCC3)c1ccc(-c2ccccc2)cc1. The van der Waals surface area contributed by atoms with E-state index in [-0.39, 0.29) is 17.2 Å². The summed E-state index contributed by atoms with van der Waals surface area (Å²) in [4.78, 5) is 33.5. The van der Waals surface area contributed by atoms with Gasteiger partial charge in [0.05, 0.1) is 22.5 Å². The molecule has 0 unspecified atom stereocenters. The van der Waals surface area contributed by atoms with Crippen LogP contribution >= 0.6 is 23.1 Å². The second-order valence-corrected chi connectivity index (χ2v) is 11.8. The van der Waals surface area contributed by atoms with Gasteiger partial charge in [-0.25, -0.2) is 10.4 Å². The lowest BCUT2D eigenvalue weighted by atomic mass is 9.97. The predicted molar refractivity (Wildman–Crippen MR) is 165 cm³/mol. The number of aryl methyl sites for hydroxylation is 2. The molecule has 0 spiro atoms. The topological polar surface area (TPSA) is 76.3 Å². The molecule has 1 N–H and O–H groups in total. The first-order chi connectivity index (χ1) is 19.6. The third kappa shape index (κ3) is 5.37. The van der Waals surface area contributed by atoms with Gasteiger partial charge in [0.25, 0.3) is 11.5 Å². The highest BCUT2D eigenvalue weighted by Crippen LogP contribution is 2.35. The van der Waals surface area contributed by atoms with Crippen molar-refractivity contribution in [3.8, 4) is 16.8 Å². The van der Waals surface area contributed by atoms with Crippen molar-refractivity contribution in [1.82, 2.24) is 15.0 Å². The summed E-state index contributed by atoms with van der Waals surface area (Å²) in [6, 6.07) is 27.8. The van der Waals surface area contributed by atoms with E-state index >= 15 is 0 Å². The number of nitrogens with zero attached hydrogens (tertiary/aromatic N) is 3. The molecule has 3 aromatic carbocycles. The molecular weight excluding hydrogens is 537 g/mol. The van der Waals surface area contributed by atoms with Crippen LogP contribution in [0, 0.1) is 0 Å². The first kappa shape index (κ1) is 26.2. The lowest BCUT2D eigenvalue weighted by Gasteiger charge is -2.13. The van der Waals surface area contributed by atoms with Crippen molar-refractivity contribution in [2.75, 3.05) is 5.75 Å². The smallest absolute Gasteiger partial charge is 0.267 e. The Balaban J connectivity index is 1.20. The Morgan fingerprint density at radius 1 is 0.950 bits per heavy atom. The number of rotatable bonds is 7. The van der Waals surface area contributed by atoms with E-state index in [0.29, 0.717) is 10.9 Å². The second-order valence-electron chi connectivity index (χ2n) is 9.73. The average Bonchev–Trinajstić information content (AvgIpc) is 3.38. The molecule has 1 aliphatic rings. The van der Waals surface area contributed by atoms with Crippen molar-refractivity contribution in [2.45, 2.75) is 37.8 Å². The number of fused-ring (bicyclic) bond motifs is 3. The standard InChI is InChI=1S/C32H28N4O2S2/c1-21(22-16-18-24(19-17-22)23-10-4-2-5-11-23)34-35-28(37)20-39-32-33-30-29(26-14-8-9-15-27(26)40-30)31(38)36(32)25-12-6-3-7-13-25/h2-7,10-13,16-19H,8-9,14-15,20H2,1H3,(H,35,37)/b34-21+. The lowest BCUT2D eigenvalue weighted by Crippen LogP contribution is -2.24. The van der Waals surface area contributed by atoms with Crippen molar-refractivity contribution in [3.63, 3.8) is 0 Å². The fourth-order valence-corrected chi connectivity index (χ4v) is 7.10. The van der Waals surface area contributed by atoms with Crippen LogP contribution in [0.25, 0.3) is 27.0 Å². The molecule has 1 aliphatic carbocycles. The second kappa shape index (κ2) is 11.6. The molecule has 2 aromatic heterocycles. The number of thioether (sulfide) groups is 1. The van der Waals surface area contributed by atoms with Crippen LogP contribution in [0.2, 0.25) is 0 Å². The van der Waals surface area contributed by atoms with Crippen LogP contribution in [0.15, 0.2) is 100.0 Å². The molecule has 200 valence electrons. The monoisotopic (exact) mass is 564 g/mol. The molecule has 6 nitrogen and oxygen atoms in total. The van der Waals surface area contributed by atoms with E-state index in [1.165, 1.54) is 16.6 Å². The maximum atomic E-state index is 13.8. The number of carbonyl (C=O) groups is 1. The number of para-hydroxylation sites is 1. The maximum absolute atomic E-state index is 13.8. The van der Waals surface area contributed by atoms with Gasteiger partial charge in [-0.1, -0.05) is 84.6 Å². The summed E-state index contributed by atoms with van der Waals surface area (Å²) in [6.45, 7) is 1.87. The predicted octanol–water partition coefficient (Wildman–Crippen LogP) is 6.63. The van der Waals surface area contributed by atoms with Crippen molar-refractivity contribution >= 4 is 44.9 Å². The quantitative estimate of drug-likeness (QED) is 0.104. The van der Waals surface area contributed by atoms with Crippen LogP contribution in [0.4, 0.5) is 0 Å². The number of hydrogen-bond acceptors (Lipinski definition) is 6. The molecule has 40 heavy (non-hydrogen) atoms. The highest BCUT2D eigenvalue weighted by molar-refractivity contribution is 7.99. The molecule has 8 heteroatoms. The number of benzene rings is 3. The van der Waals surface area contributed by atoms with Gasteiger partial charge in [-0.3, -0.25) is 14.2 Å². The summed E-state index contributed by atoms with van der Waals surface area (Å²) in [5, 5.41) is 5.56. The molecule has 0 saturated carbocycles. The minimum Gasteiger partial charge on any atom is -0.272 e. The Hall–Kier alpha value is -4.01. The molecular formula is C32H28N4O2S2. The number of hydrazone groups is 1. The number of carbonyl (C=O) groups excluding carboxylic acids is 1. The fourth-order valence-electron chi connectivity index (χ4n) is 5.00. The van der Waals surface area contributed by atoms with E-state index in [1.807, 2.05) is 67.6 Å². The average molecular weight is 565 g/mol. The first-order valence-electron chi connectivity index (χ1n) is 13.3. The summed E-state index contributed by atoms with van der Waals surface area (Å²) in [7, 11) is 0. The van der Waals surface area contributed by atoms with Crippen LogP contribution in [0.5, 0.6) is 0 Å². The Labute approximate surface area is 240 Å². The molecule has 5 aromatic rings. The van der Waals surface area contributed by atoms with E-state index in [9.17, 15) is 9.59 Å².